The first-order chi connectivity index (χ1) is 13.3. The summed E-state index contributed by atoms with van der Waals surface area (Å²) in [4.78, 5) is 14.3. The van der Waals surface area contributed by atoms with E-state index in [-0.39, 0.29) is 5.91 Å². The fourth-order valence-corrected chi connectivity index (χ4v) is 6.44. The van der Waals surface area contributed by atoms with Crippen molar-refractivity contribution in [3.05, 3.63) is 41.5 Å². The van der Waals surface area contributed by atoms with E-state index in [1.54, 1.807) is 0 Å². The van der Waals surface area contributed by atoms with Gasteiger partial charge in [0.2, 0.25) is 0 Å². The topological polar surface area (TPSA) is 44.4 Å². The average Bonchev–Trinajstić information content (AvgIpc) is 2.96. The van der Waals surface area contributed by atoms with E-state index in [4.69, 9.17) is 0 Å². The molecule has 0 spiro atoms. The molecule has 0 radical (unpaired) electrons. The summed E-state index contributed by atoms with van der Waals surface area (Å²) < 4.78 is 0. The lowest BCUT2D eigenvalue weighted by molar-refractivity contribution is 0.0935. The van der Waals surface area contributed by atoms with Gasteiger partial charge in [0.1, 0.15) is 0 Å². The molecule has 1 aromatic carbocycles. The third-order valence-electron chi connectivity index (χ3n) is 8.50. The molecule has 1 aromatic rings. The van der Waals surface area contributed by atoms with Crippen molar-refractivity contribution in [2.45, 2.75) is 46.5 Å². The molecule has 4 heteroatoms. The maximum atomic E-state index is 12.2. The molecule has 0 heterocycles. The lowest BCUT2D eigenvalue weighted by atomic mass is 9.71. The zero-order valence-electron chi connectivity index (χ0n) is 18.0. The van der Waals surface area contributed by atoms with Gasteiger partial charge in [-0.3, -0.25) is 10.2 Å². The predicted octanol–water partition coefficient (Wildman–Crippen LogP) is 4.40. The summed E-state index contributed by atoms with van der Waals surface area (Å²) in [6.07, 6.45) is 7.79. The first kappa shape index (κ1) is 19.5. The van der Waals surface area contributed by atoms with Crippen LogP contribution in [0.25, 0.3) is 0 Å². The van der Waals surface area contributed by atoms with Crippen LogP contribution in [-0.2, 0) is 0 Å². The highest BCUT2D eigenvalue weighted by Gasteiger charge is 2.80. The van der Waals surface area contributed by atoms with Gasteiger partial charge in [0.05, 0.1) is 0 Å². The Kier molecular flexibility index (Phi) is 4.81. The van der Waals surface area contributed by atoms with Crippen molar-refractivity contribution < 1.29 is 4.79 Å². The summed E-state index contributed by atoms with van der Waals surface area (Å²) in [5.74, 6) is 2.95. The standard InChI is InChI=1S/C24H35N3O/c1-16(7-6-12-23(2)18-13-20-21(14-18)24(20,23)3)15-25-26-22(28)17-8-10-19(11-9-17)27(4)5/h7-11,18,20-21,25H,6,12-15H2,1-5H3,(H,26,28)/b16-7-/t18?,20-,21+,23-,24?/m1/s1. The third-order valence-corrected chi connectivity index (χ3v) is 8.50. The number of benzene rings is 1. The lowest BCUT2D eigenvalue weighted by Crippen LogP contribution is -2.38. The van der Waals surface area contributed by atoms with Gasteiger partial charge in [-0.15, -0.1) is 0 Å². The molecule has 28 heavy (non-hydrogen) atoms. The molecular weight excluding hydrogens is 346 g/mol. The van der Waals surface area contributed by atoms with Crippen LogP contribution in [0.2, 0.25) is 0 Å². The van der Waals surface area contributed by atoms with Gasteiger partial charge in [0.15, 0.2) is 0 Å². The van der Waals surface area contributed by atoms with Crippen molar-refractivity contribution in [2.24, 2.45) is 28.6 Å². The molecule has 4 saturated carbocycles. The van der Waals surface area contributed by atoms with E-state index in [0.29, 0.717) is 22.9 Å². The number of anilines is 1. The molecule has 0 saturated heterocycles. The maximum Gasteiger partial charge on any atom is 0.265 e. The summed E-state index contributed by atoms with van der Waals surface area (Å²) in [6.45, 7) is 7.93. The maximum absolute atomic E-state index is 12.2. The van der Waals surface area contributed by atoms with Gasteiger partial charge >= 0.3 is 0 Å². The molecule has 4 bridgehead atoms. The van der Waals surface area contributed by atoms with Crippen molar-refractivity contribution in [2.75, 3.05) is 25.5 Å². The smallest absolute Gasteiger partial charge is 0.265 e. The van der Waals surface area contributed by atoms with E-state index in [2.05, 4.69) is 37.7 Å². The molecule has 5 rings (SSSR count). The molecule has 4 aliphatic rings. The Balaban J connectivity index is 1.20. The zero-order chi connectivity index (χ0) is 20.1. The Morgan fingerprint density at radius 2 is 1.82 bits per heavy atom. The minimum atomic E-state index is -0.0935. The van der Waals surface area contributed by atoms with Gasteiger partial charge in [0, 0.05) is 31.9 Å². The van der Waals surface area contributed by atoms with Crippen LogP contribution < -0.4 is 15.8 Å². The number of rotatable bonds is 8. The third kappa shape index (κ3) is 2.97. The van der Waals surface area contributed by atoms with Gasteiger partial charge in [-0.2, -0.15) is 0 Å². The van der Waals surface area contributed by atoms with Crippen LogP contribution in [0.3, 0.4) is 0 Å². The number of allylic oxidation sites excluding steroid dienone is 1. The van der Waals surface area contributed by atoms with E-state index in [1.165, 1.54) is 24.8 Å². The van der Waals surface area contributed by atoms with Crippen LogP contribution in [-0.4, -0.2) is 26.5 Å². The van der Waals surface area contributed by atoms with Gasteiger partial charge in [-0.05, 0) is 85.5 Å². The Morgan fingerprint density at radius 1 is 1.18 bits per heavy atom. The summed E-state index contributed by atoms with van der Waals surface area (Å²) >= 11 is 0. The molecule has 4 aliphatic carbocycles. The molecule has 5 atom stereocenters. The largest absolute Gasteiger partial charge is 0.378 e. The number of hydrogen-bond donors (Lipinski definition) is 2. The van der Waals surface area contributed by atoms with Crippen LogP contribution >= 0.6 is 0 Å². The molecule has 152 valence electrons. The molecule has 4 nitrogen and oxygen atoms in total. The summed E-state index contributed by atoms with van der Waals surface area (Å²) in [6, 6.07) is 7.63. The minimum Gasteiger partial charge on any atom is -0.378 e. The molecule has 2 unspecified atom stereocenters. The molecule has 1 amide bonds. The van der Waals surface area contributed by atoms with Crippen molar-refractivity contribution in [1.82, 2.24) is 10.9 Å². The first-order valence-corrected chi connectivity index (χ1v) is 10.7. The number of carbonyl (C=O) groups is 1. The summed E-state index contributed by atoms with van der Waals surface area (Å²) in [5.41, 5.74) is 10.1. The fourth-order valence-electron chi connectivity index (χ4n) is 6.44. The number of carbonyl (C=O) groups excluding carboxylic acids is 1. The van der Waals surface area contributed by atoms with Crippen LogP contribution in [0, 0.1) is 28.6 Å². The Labute approximate surface area is 169 Å². The fraction of sp³-hybridized carbons (Fsp3) is 0.625. The number of hydrogen-bond acceptors (Lipinski definition) is 3. The number of amides is 1. The van der Waals surface area contributed by atoms with Crippen LogP contribution in [0.15, 0.2) is 35.9 Å². The predicted molar refractivity (Wildman–Crippen MR) is 115 cm³/mol. The Bertz CT molecular complexity index is 770. The Hall–Kier alpha value is -1.81. The second-order valence-corrected chi connectivity index (χ2v) is 9.92. The normalized spacial score (nSPS) is 35.2. The summed E-state index contributed by atoms with van der Waals surface area (Å²) in [7, 11) is 3.98. The van der Waals surface area contributed by atoms with Crippen molar-refractivity contribution in [3.8, 4) is 0 Å². The molecule has 0 aromatic heterocycles. The van der Waals surface area contributed by atoms with E-state index in [9.17, 15) is 4.79 Å². The van der Waals surface area contributed by atoms with Crippen LogP contribution in [0.5, 0.6) is 0 Å². The molecule has 2 N–H and O–H groups in total. The first-order valence-electron chi connectivity index (χ1n) is 10.7. The highest BCUT2D eigenvalue weighted by molar-refractivity contribution is 5.94. The van der Waals surface area contributed by atoms with E-state index >= 15 is 0 Å². The number of hydrazine groups is 1. The summed E-state index contributed by atoms with van der Waals surface area (Å²) in [5, 5.41) is 0. The highest BCUT2D eigenvalue weighted by atomic mass is 16.2. The van der Waals surface area contributed by atoms with Gasteiger partial charge in [-0.1, -0.05) is 25.5 Å². The SMILES string of the molecule is C/C(=C/CC[C@]1(C)C2C[C@@H]3[C@H](C2)C31C)CNNC(=O)c1ccc(N(C)C)cc1. The van der Waals surface area contributed by atoms with E-state index in [1.807, 2.05) is 43.3 Å². The Morgan fingerprint density at radius 3 is 2.36 bits per heavy atom. The second-order valence-electron chi connectivity index (χ2n) is 9.92. The molecular formula is C24H35N3O. The number of nitrogens with zero attached hydrogens (tertiary/aromatic N) is 1. The van der Waals surface area contributed by atoms with E-state index in [0.717, 1.165) is 29.9 Å². The van der Waals surface area contributed by atoms with Gasteiger partial charge < -0.3 is 4.90 Å². The zero-order valence-corrected chi connectivity index (χ0v) is 18.0. The lowest BCUT2D eigenvalue weighted by Gasteiger charge is -2.34. The monoisotopic (exact) mass is 381 g/mol. The van der Waals surface area contributed by atoms with Crippen LogP contribution in [0.4, 0.5) is 5.69 Å². The quantitative estimate of drug-likeness (QED) is 0.518. The molecule has 4 fully saturated rings. The van der Waals surface area contributed by atoms with Crippen molar-refractivity contribution in [1.29, 1.82) is 0 Å². The van der Waals surface area contributed by atoms with Crippen molar-refractivity contribution in [3.63, 3.8) is 0 Å². The highest BCUT2D eigenvalue weighted by Crippen LogP contribution is 2.87. The van der Waals surface area contributed by atoms with E-state index < -0.39 is 0 Å². The van der Waals surface area contributed by atoms with Crippen LogP contribution in [0.1, 0.15) is 56.8 Å². The van der Waals surface area contributed by atoms with Gasteiger partial charge in [-0.25, -0.2) is 5.43 Å². The minimum absolute atomic E-state index is 0.0935. The van der Waals surface area contributed by atoms with Gasteiger partial charge in [0.25, 0.3) is 5.91 Å². The number of nitrogens with one attached hydrogen (secondary N) is 2. The van der Waals surface area contributed by atoms with Crippen molar-refractivity contribution >= 4 is 11.6 Å². The average molecular weight is 382 g/mol. The second kappa shape index (κ2) is 6.91. The molecule has 0 aliphatic heterocycles.